The molecule has 0 radical (unpaired) electrons. The van der Waals surface area contributed by atoms with Crippen LogP contribution in [-0.2, 0) is 16.8 Å². The van der Waals surface area contributed by atoms with Crippen molar-refractivity contribution in [3.8, 4) is 11.5 Å². The molecule has 3 aromatic heterocycles. The molecule has 0 atom stereocenters. The molecule has 0 aliphatic carbocycles. The van der Waals surface area contributed by atoms with Crippen LogP contribution in [0.5, 0.6) is 0 Å². The van der Waals surface area contributed by atoms with Crippen LogP contribution in [-0.4, -0.2) is 98.5 Å². The second-order valence-corrected chi connectivity index (χ2v) is 15.1. The van der Waals surface area contributed by atoms with Crippen LogP contribution in [0.4, 0.5) is 29.3 Å². The number of nitrogens with one attached hydrogen (secondary N) is 3. The molecule has 7 rings (SSSR count). The van der Waals surface area contributed by atoms with Gasteiger partial charge in [-0.25, -0.2) is 19.7 Å². The molecule has 3 fully saturated rings. The first-order valence-electron chi connectivity index (χ1n) is 18.2. The zero-order valence-corrected chi connectivity index (χ0v) is 31.1. The van der Waals surface area contributed by atoms with Gasteiger partial charge in [0.1, 0.15) is 11.2 Å². The van der Waals surface area contributed by atoms with Gasteiger partial charge in [-0.1, -0.05) is 28.9 Å². The summed E-state index contributed by atoms with van der Waals surface area (Å²) in [5.74, 6) is -0.264. The van der Waals surface area contributed by atoms with Crippen molar-refractivity contribution in [2.75, 3.05) is 49.1 Å². The number of urea groups is 1. The smallest absolute Gasteiger partial charge is 0.369 e. The number of H-pyrrole nitrogens is 1. The maximum atomic E-state index is 13.3. The van der Waals surface area contributed by atoms with Crippen LogP contribution in [0.1, 0.15) is 79.6 Å². The highest BCUT2D eigenvalue weighted by molar-refractivity contribution is 6.34. The quantitative estimate of drug-likeness (QED) is 0.192. The number of carbonyl (C=O) groups is 3. The average Bonchev–Trinajstić information content (AvgIpc) is 3.86. The minimum Gasteiger partial charge on any atom is -0.369 e. The number of alkyl halides is 3. The lowest BCUT2D eigenvalue weighted by Gasteiger charge is -2.38. The molecule has 0 bridgehead atoms. The van der Waals surface area contributed by atoms with Crippen LogP contribution in [0.3, 0.4) is 0 Å². The predicted molar refractivity (Wildman–Crippen MR) is 194 cm³/mol. The van der Waals surface area contributed by atoms with Gasteiger partial charge >= 0.3 is 12.2 Å². The summed E-state index contributed by atoms with van der Waals surface area (Å²) in [6, 6.07) is 6.76. The van der Waals surface area contributed by atoms with E-state index in [1.165, 1.54) is 6.07 Å². The van der Waals surface area contributed by atoms with E-state index in [1.54, 1.807) is 17.3 Å². The van der Waals surface area contributed by atoms with Gasteiger partial charge in [0.05, 0.1) is 35.3 Å². The van der Waals surface area contributed by atoms with E-state index in [-0.39, 0.29) is 42.0 Å². The molecular formula is C36H41ClF3N11O4. The number of nitrogens with zero attached hydrogens (tertiary/aromatic N) is 8. The summed E-state index contributed by atoms with van der Waals surface area (Å²) in [6.07, 6.45) is 3.18. The normalized spacial score (nSPS) is 18.1. The number of hydrogen-bond acceptors (Lipinski definition) is 11. The Bertz CT molecular complexity index is 2020. The Morgan fingerprint density at radius 1 is 1.04 bits per heavy atom. The lowest BCUT2D eigenvalue weighted by molar-refractivity contribution is -0.182. The first-order chi connectivity index (χ1) is 26.3. The fraction of sp³-hybridized carbons (Fsp3) is 0.500. The molecule has 55 heavy (non-hydrogen) atoms. The molecule has 0 unspecified atom stereocenters. The molecule has 6 heterocycles. The van der Waals surface area contributed by atoms with E-state index in [2.05, 4.69) is 50.7 Å². The van der Waals surface area contributed by atoms with Gasteiger partial charge in [-0.05, 0) is 76.1 Å². The highest BCUT2D eigenvalue weighted by atomic mass is 35.5. The van der Waals surface area contributed by atoms with E-state index >= 15 is 0 Å². The van der Waals surface area contributed by atoms with Gasteiger partial charge in [-0.3, -0.25) is 24.9 Å². The summed E-state index contributed by atoms with van der Waals surface area (Å²) in [6.45, 7) is 6.78. The van der Waals surface area contributed by atoms with Gasteiger partial charge in [-0.15, -0.1) is 0 Å². The number of benzene rings is 1. The van der Waals surface area contributed by atoms with Gasteiger partial charge in [0.15, 0.2) is 17.3 Å². The number of aromatic amines is 1. The number of likely N-dealkylation sites (tertiary alicyclic amines) is 1. The number of carbonyl (C=O) groups excluding carboxylic acids is 3. The molecule has 0 saturated carbocycles. The van der Waals surface area contributed by atoms with Gasteiger partial charge in [0.25, 0.3) is 5.91 Å². The number of rotatable bonds is 10. The van der Waals surface area contributed by atoms with E-state index in [1.807, 2.05) is 18.2 Å². The van der Waals surface area contributed by atoms with Crippen molar-refractivity contribution in [1.29, 1.82) is 0 Å². The Balaban J connectivity index is 0.854. The fourth-order valence-corrected chi connectivity index (χ4v) is 7.54. The largest absolute Gasteiger partial charge is 0.401 e. The van der Waals surface area contributed by atoms with Crippen molar-refractivity contribution >= 4 is 40.8 Å². The third-order valence-corrected chi connectivity index (χ3v) is 11.1. The van der Waals surface area contributed by atoms with Crippen LogP contribution in [0.15, 0.2) is 41.2 Å². The summed E-state index contributed by atoms with van der Waals surface area (Å²) in [7, 11) is 0. The lowest BCUT2D eigenvalue weighted by atomic mass is 9.88. The minimum absolute atomic E-state index is 0.0565. The highest BCUT2D eigenvalue weighted by Gasteiger charge is 2.51. The maximum absolute atomic E-state index is 13.3. The maximum Gasteiger partial charge on any atom is 0.401 e. The van der Waals surface area contributed by atoms with Crippen LogP contribution in [0, 0.1) is 5.92 Å². The number of aromatic nitrogens is 6. The summed E-state index contributed by atoms with van der Waals surface area (Å²) >= 11 is 6.85. The number of amides is 4. The van der Waals surface area contributed by atoms with E-state index in [9.17, 15) is 27.6 Å². The second-order valence-electron chi connectivity index (χ2n) is 14.7. The van der Waals surface area contributed by atoms with Crippen molar-refractivity contribution in [3.05, 3.63) is 64.7 Å². The third-order valence-electron chi connectivity index (χ3n) is 10.7. The molecule has 4 amide bonds. The molecular weight excluding hydrogens is 743 g/mol. The van der Waals surface area contributed by atoms with Gasteiger partial charge in [0.2, 0.25) is 11.7 Å². The van der Waals surface area contributed by atoms with Crippen LogP contribution in [0.25, 0.3) is 11.5 Å². The predicted octanol–water partition coefficient (Wildman–Crippen LogP) is 5.22. The average molecular weight is 784 g/mol. The topological polar surface area (TPSA) is 178 Å². The van der Waals surface area contributed by atoms with E-state index in [0.29, 0.717) is 29.1 Å². The number of halogens is 4. The van der Waals surface area contributed by atoms with Crippen molar-refractivity contribution in [2.24, 2.45) is 5.92 Å². The number of anilines is 2. The summed E-state index contributed by atoms with van der Waals surface area (Å²) < 4.78 is 45.1. The molecule has 1 aromatic carbocycles. The fourth-order valence-electron chi connectivity index (χ4n) is 7.16. The standard InChI is InChI=1S/C36H41ClF3N11O4/c1-35(2,36(38,39)40)33-44-28(46-47-33)19-43-32(53)27-16-25(48-55-27)31-41-17-23(18-42-31)50-13-6-21(7-14-50)20-49-11-8-22(9-12-49)24-4-3-5-26(30(24)37)51-15-10-29(52)45-34(51)54/h3-5,16-18,21-22H,6-15,19-20H2,1-2H3,(H,43,53)(H,44,46,47)(H,45,52,54). The van der Waals surface area contributed by atoms with Gasteiger partial charge in [0, 0.05) is 38.7 Å². The molecule has 0 spiro atoms. The molecule has 19 heteroatoms. The first kappa shape index (κ1) is 38.2. The monoisotopic (exact) mass is 783 g/mol. The second kappa shape index (κ2) is 15.6. The van der Waals surface area contributed by atoms with E-state index in [0.717, 1.165) is 83.5 Å². The Hall–Kier alpha value is -5.10. The van der Waals surface area contributed by atoms with Gasteiger partial charge in [-0.2, -0.15) is 18.3 Å². The van der Waals surface area contributed by atoms with Crippen LogP contribution in [0.2, 0.25) is 5.02 Å². The lowest BCUT2D eigenvalue weighted by Crippen LogP contribution is -2.49. The zero-order valence-electron chi connectivity index (χ0n) is 30.3. The molecule has 292 valence electrons. The SMILES string of the molecule is CC(C)(c1n[nH]c(CNC(=O)c2cc(-c3ncc(N4CCC(CN5CCC(c6cccc(N7CCC(=O)NC7=O)c6Cl)CC5)CC4)cn3)no2)n1)C(F)(F)F. The molecule has 15 nitrogen and oxygen atoms in total. The molecule has 3 saturated heterocycles. The van der Waals surface area contributed by atoms with Crippen molar-refractivity contribution < 1.29 is 32.1 Å². The highest BCUT2D eigenvalue weighted by Crippen LogP contribution is 2.40. The molecule has 3 aliphatic heterocycles. The van der Waals surface area contributed by atoms with Crippen molar-refractivity contribution in [3.63, 3.8) is 0 Å². The van der Waals surface area contributed by atoms with E-state index < -0.39 is 29.4 Å². The van der Waals surface area contributed by atoms with Crippen molar-refractivity contribution in [2.45, 2.75) is 70.0 Å². The first-order valence-corrected chi connectivity index (χ1v) is 18.6. The van der Waals surface area contributed by atoms with E-state index in [4.69, 9.17) is 16.1 Å². The van der Waals surface area contributed by atoms with Crippen LogP contribution >= 0.6 is 11.6 Å². The number of hydrogen-bond donors (Lipinski definition) is 3. The molecule has 4 aromatic rings. The molecule has 3 N–H and O–H groups in total. The molecule has 3 aliphatic rings. The Morgan fingerprint density at radius 3 is 2.45 bits per heavy atom. The Labute approximate surface area is 319 Å². The number of imide groups is 1. The summed E-state index contributed by atoms with van der Waals surface area (Å²) in [5, 5.41) is 15.5. The van der Waals surface area contributed by atoms with Crippen molar-refractivity contribution in [1.82, 2.24) is 45.8 Å². The summed E-state index contributed by atoms with van der Waals surface area (Å²) in [4.78, 5) is 55.8. The zero-order chi connectivity index (χ0) is 38.9. The Kier molecular flexibility index (Phi) is 10.8. The van der Waals surface area contributed by atoms with Crippen LogP contribution < -0.4 is 20.4 Å². The number of piperidine rings is 2. The summed E-state index contributed by atoms with van der Waals surface area (Å²) in [5.41, 5.74) is 0.582. The van der Waals surface area contributed by atoms with Gasteiger partial charge < -0.3 is 19.6 Å². The third kappa shape index (κ3) is 8.29. The Morgan fingerprint density at radius 2 is 1.76 bits per heavy atom. The minimum atomic E-state index is -4.54.